The topological polar surface area (TPSA) is 83.0 Å². The Balaban J connectivity index is 1.85. The van der Waals surface area contributed by atoms with E-state index in [1.54, 1.807) is 0 Å². The summed E-state index contributed by atoms with van der Waals surface area (Å²) >= 11 is 6.38. The maximum Gasteiger partial charge on any atom is 0.434 e. The molecule has 1 atom stereocenters. The number of piperidine rings is 1. The van der Waals surface area contributed by atoms with Crippen LogP contribution in [0.3, 0.4) is 0 Å². The lowest BCUT2D eigenvalue weighted by molar-refractivity contribution is 0.343. The van der Waals surface area contributed by atoms with E-state index in [0.29, 0.717) is 17.0 Å². The predicted molar refractivity (Wildman–Crippen MR) is 91.0 cm³/mol. The highest BCUT2D eigenvalue weighted by Crippen LogP contribution is 2.32. The van der Waals surface area contributed by atoms with Crippen molar-refractivity contribution < 1.29 is 4.42 Å². The van der Waals surface area contributed by atoms with Crippen molar-refractivity contribution in [3.05, 3.63) is 33.3 Å². The third kappa shape index (κ3) is 3.59. The van der Waals surface area contributed by atoms with Crippen molar-refractivity contribution in [1.82, 2.24) is 15.5 Å². The molecule has 0 amide bonds. The highest BCUT2D eigenvalue weighted by atomic mass is 35.5. The lowest BCUT2D eigenvalue weighted by Gasteiger charge is -2.30. The molecule has 3 rings (SSSR count). The van der Waals surface area contributed by atoms with E-state index < -0.39 is 5.76 Å². The third-order valence-corrected chi connectivity index (χ3v) is 4.77. The Morgan fingerprint density at radius 3 is 2.78 bits per heavy atom. The first kappa shape index (κ1) is 16.1. The maximum absolute atomic E-state index is 11.2. The minimum atomic E-state index is -0.563. The van der Waals surface area contributed by atoms with Gasteiger partial charge in [0.2, 0.25) is 5.89 Å². The van der Waals surface area contributed by atoms with Gasteiger partial charge in [-0.1, -0.05) is 11.6 Å². The smallest absolute Gasteiger partial charge is 0.388 e. The largest absolute Gasteiger partial charge is 0.434 e. The summed E-state index contributed by atoms with van der Waals surface area (Å²) in [7, 11) is 0. The monoisotopic (exact) mass is 336 g/mol. The van der Waals surface area contributed by atoms with Crippen LogP contribution in [0.25, 0.3) is 11.5 Å². The van der Waals surface area contributed by atoms with Crippen LogP contribution in [0, 0.1) is 12.8 Å². The van der Waals surface area contributed by atoms with Crippen molar-refractivity contribution in [3.63, 3.8) is 0 Å². The SMILES string of the molecule is Cc1cc(Cl)c(NC(C)C2CCNCC2)cc1-c1n[nH]c(=O)o1. The minimum Gasteiger partial charge on any atom is -0.388 e. The summed E-state index contributed by atoms with van der Waals surface area (Å²) in [6, 6.07) is 4.08. The average Bonchev–Trinajstić information content (AvgIpc) is 2.97. The van der Waals surface area contributed by atoms with Crippen LogP contribution in [0.1, 0.15) is 25.3 Å². The summed E-state index contributed by atoms with van der Waals surface area (Å²) < 4.78 is 5.07. The highest BCUT2D eigenvalue weighted by Gasteiger charge is 2.21. The average molecular weight is 337 g/mol. The molecule has 0 radical (unpaired) electrons. The number of nitrogens with one attached hydrogen (secondary N) is 3. The molecular weight excluding hydrogens is 316 g/mol. The van der Waals surface area contributed by atoms with Gasteiger partial charge in [-0.25, -0.2) is 9.89 Å². The van der Waals surface area contributed by atoms with Crippen molar-refractivity contribution in [2.75, 3.05) is 18.4 Å². The quantitative estimate of drug-likeness (QED) is 0.799. The van der Waals surface area contributed by atoms with Crippen LogP contribution in [-0.2, 0) is 0 Å². The Hall–Kier alpha value is -1.79. The van der Waals surface area contributed by atoms with E-state index in [-0.39, 0.29) is 5.89 Å². The van der Waals surface area contributed by atoms with E-state index in [9.17, 15) is 4.79 Å². The molecule has 1 unspecified atom stereocenters. The second-order valence-electron chi connectivity index (χ2n) is 6.09. The van der Waals surface area contributed by atoms with Crippen LogP contribution in [0.2, 0.25) is 5.02 Å². The van der Waals surface area contributed by atoms with Gasteiger partial charge in [0.05, 0.1) is 10.7 Å². The molecule has 7 heteroatoms. The summed E-state index contributed by atoms with van der Waals surface area (Å²) in [6.45, 7) is 6.21. The summed E-state index contributed by atoms with van der Waals surface area (Å²) in [4.78, 5) is 11.2. The number of hydrogen-bond acceptors (Lipinski definition) is 5. The molecule has 1 aliphatic heterocycles. The van der Waals surface area contributed by atoms with Gasteiger partial charge in [0.1, 0.15) is 0 Å². The van der Waals surface area contributed by atoms with Gasteiger partial charge in [0.15, 0.2) is 0 Å². The molecule has 6 nitrogen and oxygen atoms in total. The highest BCUT2D eigenvalue weighted by molar-refractivity contribution is 6.33. The van der Waals surface area contributed by atoms with Crippen molar-refractivity contribution in [3.8, 4) is 11.5 Å². The summed E-state index contributed by atoms with van der Waals surface area (Å²) in [5, 5.41) is 13.7. The minimum absolute atomic E-state index is 0.279. The molecule has 0 spiro atoms. The fourth-order valence-corrected chi connectivity index (χ4v) is 3.34. The number of anilines is 1. The molecule has 1 aliphatic rings. The van der Waals surface area contributed by atoms with E-state index in [0.717, 1.165) is 42.7 Å². The van der Waals surface area contributed by atoms with Crippen LogP contribution in [0.5, 0.6) is 0 Å². The van der Waals surface area contributed by atoms with Crippen molar-refractivity contribution >= 4 is 17.3 Å². The summed E-state index contributed by atoms with van der Waals surface area (Å²) in [6.07, 6.45) is 2.30. The van der Waals surface area contributed by atoms with Crippen molar-refractivity contribution in [1.29, 1.82) is 0 Å². The van der Waals surface area contributed by atoms with Gasteiger partial charge in [0, 0.05) is 11.6 Å². The van der Waals surface area contributed by atoms with E-state index in [4.69, 9.17) is 16.0 Å². The zero-order chi connectivity index (χ0) is 16.4. The molecule has 124 valence electrons. The number of benzene rings is 1. The first-order chi connectivity index (χ1) is 11.0. The van der Waals surface area contributed by atoms with Crippen LogP contribution >= 0.6 is 11.6 Å². The molecule has 1 aromatic carbocycles. The van der Waals surface area contributed by atoms with Gasteiger partial charge >= 0.3 is 5.76 Å². The molecule has 2 aromatic rings. The Morgan fingerprint density at radius 1 is 1.39 bits per heavy atom. The fourth-order valence-electron chi connectivity index (χ4n) is 3.07. The van der Waals surface area contributed by atoms with Gasteiger partial charge in [0.25, 0.3) is 0 Å². The lowest BCUT2D eigenvalue weighted by Crippen LogP contribution is -2.36. The molecular formula is C16H21ClN4O2. The predicted octanol–water partition coefficient (Wildman–Crippen LogP) is 2.79. The third-order valence-electron chi connectivity index (χ3n) is 4.46. The number of rotatable bonds is 4. The van der Waals surface area contributed by atoms with Gasteiger partial charge in [-0.3, -0.25) is 0 Å². The van der Waals surface area contributed by atoms with E-state index in [1.165, 1.54) is 0 Å². The van der Waals surface area contributed by atoms with Gasteiger partial charge in [-0.2, -0.15) is 0 Å². The molecule has 1 fully saturated rings. The van der Waals surface area contributed by atoms with Crippen molar-refractivity contribution in [2.24, 2.45) is 5.92 Å². The number of nitrogens with zero attached hydrogens (tertiary/aromatic N) is 1. The second-order valence-corrected chi connectivity index (χ2v) is 6.49. The lowest BCUT2D eigenvalue weighted by atomic mass is 9.91. The number of hydrogen-bond donors (Lipinski definition) is 3. The molecule has 0 bridgehead atoms. The van der Waals surface area contributed by atoms with Gasteiger partial charge < -0.3 is 15.1 Å². The van der Waals surface area contributed by atoms with E-state index in [2.05, 4.69) is 27.8 Å². The standard InChI is InChI=1S/C16H21ClN4O2/c1-9-7-13(17)14(8-12(9)15-20-21-16(22)23-15)19-10(2)11-3-5-18-6-4-11/h7-8,10-11,18-19H,3-6H2,1-2H3,(H,21,22). The van der Waals surface area contributed by atoms with Gasteiger partial charge in [-0.05, 0) is 63.4 Å². The molecule has 1 saturated heterocycles. The van der Waals surface area contributed by atoms with Crippen molar-refractivity contribution in [2.45, 2.75) is 32.7 Å². The Bertz CT molecular complexity index is 734. The molecule has 23 heavy (non-hydrogen) atoms. The Kier molecular flexibility index (Phi) is 4.73. The molecule has 3 N–H and O–H groups in total. The fraction of sp³-hybridized carbons (Fsp3) is 0.500. The van der Waals surface area contributed by atoms with Gasteiger partial charge in [-0.15, -0.1) is 5.10 Å². The first-order valence-electron chi connectivity index (χ1n) is 7.88. The normalized spacial score (nSPS) is 17.2. The number of halogens is 1. The number of aryl methyl sites for hydroxylation is 1. The van der Waals surface area contributed by atoms with Crippen LogP contribution in [0.15, 0.2) is 21.3 Å². The van der Waals surface area contributed by atoms with Crippen LogP contribution < -0.4 is 16.4 Å². The Morgan fingerprint density at radius 2 is 2.13 bits per heavy atom. The maximum atomic E-state index is 11.2. The Labute approximate surface area is 139 Å². The summed E-state index contributed by atoms with van der Waals surface area (Å²) in [5.41, 5.74) is 2.50. The summed E-state index contributed by atoms with van der Waals surface area (Å²) in [5.74, 6) is 0.328. The van der Waals surface area contributed by atoms with E-state index in [1.807, 2.05) is 19.1 Å². The van der Waals surface area contributed by atoms with Crippen LogP contribution in [0.4, 0.5) is 5.69 Å². The van der Waals surface area contributed by atoms with Crippen LogP contribution in [-0.4, -0.2) is 29.3 Å². The zero-order valence-corrected chi connectivity index (χ0v) is 14.0. The zero-order valence-electron chi connectivity index (χ0n) is 13.3. The molecule has 2 heterocycles. The molecule has 0 aliphatic carbocycles. The van der Waals surface area contributed by atoms with E-state index >= 15 is 0 Å². The number of aromatic nitrogens is 2. The molecule has 1 aromatic heterocycles. The second kappa shape index (κ2) is 6.76. The molecule has 0 saturated carbocycles. The number of H-pyrrole nitrogens is 1. The number of aromatic amines is 1. The first-order valence-corrected chi connectivity index (χ1v) is 8.25.